The fourth-order valence-corrected chi connectivity index (χ4v) is 3.25. The lowest BCUT2D eigenvalue weighted by Crippen LogP contribution is -2.41. The maximum atomic E-state index is 12.4. The van der Waals surface area contributed by atoms with E-state index in [9.17, 15) is 15.0 Å². The molecule has 1 aliphatic rings. The van der Waals surface area contributed by atoms with Gasteiger partial charge in [0.05, 0.1) is 29.8 Å². The monoisotopic (exact) mass is 349 g/mol. The molecule has 0 aliphatic heterocycles. The molecule has 1 saturated carbocycles. The molecule has 3 N–H and O–H groups in total. The molecule has 2 aromatic rings. The van der Waals surface area contributed by atoms with Gasteiger partial charge in [0.25, 0.3) is 0 Å². The Morgan fingerprint density at radius 2 is 2.25 bits per heavy atom. The predicted molar refractivity (Wildman–Crippen MR) is 89.6 cm³/mol. The van der Waals surface area contributed by atoms with Gasteiger partial charge in [-0.2, -0.15) is 5.10 Å². The standard InChI is InChI=1S/C17H20ClN3O3/c1-21-9-12(8-19-21)17(11-6-13(22)7-11)20-16(24)5-10-2-3-15(23)14(18)4-10/h2-4,8-9,11,13,17,22-23H,5-7H2,1H3,(H,20,24)/t11?,13?,17-/m1/s1. The lowest BCUT2D eigenvalue weighted by atomic mass is 9.75. The third-order valence-corrected chi connectivity index (χ3v) is 4.70. The number of rotatable bonds is 5. The molecule has 3 rings (SSSR count). The second kappa shape index (κ2) is 6.83. The third-order valence-electron chi connectivity index (χ3n) is 4.40. The summed E-state index contributed by atoms with van der Waals surface area (Å²) >= 11 is 5.88. The topological polar surface area (TPSA) is 87.4 Å². The molecule has 0 saturated heterocycles. The van der Waals surface area contributed by atoms with E-state index in [2.05, 4.69) is 10.4 Å². The van der Waals surface area contributed by atoms with Crippen LogP contribution in [0.3, 0.4) is 0 Å². The maximum Gasteiger partial charge on any atom is 0.224 e. The number of hydrogen-bond donors (Lipinski definition) is 3. The smallest absolute Gasteiger partial charge is 0.224 e. The lowest BCUT2D eigenvalue weighted by molar-refractivity contribution is -0.122. The van der Waals surface area contributed by atoms with Crippen molar-refractivity contribution in [2.75, 3.05) is 0 Å². The van der Waals surface area contributed by atoms with Crippen molar-refractivity contribution in [2.45, 2.75) is 31.4 Å². The van der Waals surface area contributed by atoms with Gasteiger partial charge < -0.3 is 15.5 Å². The van der Waals surface area contributed by atoms with Crippen LogP contribution in [0.1, 0.15) is 30.0 Å². The number of aryl methyl sites for hydroxylation is 1. The Bertz CT molecular complexity index is 740. The Morgan fingerprint density at radius 1 is 1.50 bits per heavy atom. The molecule has 1 aromatic carbocycles. The van der Waals surface area contributed by atoms with E-state index in [0.717, 1.165) is 11.1 Å². The van der Waals surface area contributed by atoms with Gasteiger partial charge in [-0.25, -0.2) is 0 Å². The molecule has 1 amide bonds. The van der Waals surface area contributed by atoms with Crippen molar-refractivity contribution < 1.29 is 15.0 Å². The van der Waals surface area contributed by atoms with Crippen LogP contribution in [0.15, 0.2) is 30.6 Å². The normalized spacial score (nSPS) is 21.1. The SMILES string of the molecule is Cn1cc([C@H](NC(=O)Cc2ccc(O)c(Cl)c2)C2CC(O)C2)cn1. The van der Waals surface area contributed by atoms with E-state index < -0.39 is 0 Å². The van der Waals surface area contributed by atoms with E-state index in [1.807, 2.05) is 13.2 Å². The highest BCUT2D eigenvalue weighted by molar-refractivity contribution is 6.32. The molecule has 1 aliphatic carbocycles. The number of halogens is 1. The summed E-state index contributed by atoms with van der Waals surface area (Å²) in [6.07, 6.45) is 4.85. The largest absolute Gasteiger partial charge is 0.506 e. The van der Waals surface area contributed by atoms with Crippen molar-refractivity contribution in [1.82, 2.24) is 15.1 Å². The summed E-state index contributed by atoms with van der Waals surface area (Å²) in [6.45, 7) is 0. The first-order valence-electron chi connectivity index (χ1n) is 7.85. The number of aromatic nitrogens is 2. The van der Waals surface area contributed by atoms with Crippen LogP contribution in [0, 0.1) is 5.92 Å². The molecular formula is C17H20ClN3O3. The van der Waals surface area contributed by atoms with E-state index >= 15 is 0 Å². The molecule has 1 aromatic heterocycles. The first-order valence-corrected chi connectivity index (χ1v) is 8.23. The Morgan fingerprint density at radius 3 is 2.83 bits per heavy atom. The van der Waals surface area contributed by atoms with Gasteiger partial charge in [-0.1, -0.05) is 17.7 Å². The van der Waals surface area contributed by atoms with E-state index in [4.69, 9.17) is 11.6 Å². The van der Waals surface area contributed by atoms with E-state index in [1.54, 1.807) is 23.0 Å². The average molecular weight is 350 g/mol. The van der Waals surface area contributed by atoms with Gasteiger partial charge >= 0.3 is 0 Å². The minimum atomic E-state index is -0.290. The molecule has 0 bridgehead atoms. The number of amides is 1. The minimum absolute atomic E-state index is 0.00230. The summed E-state index contributed by atoms with van der Waals surface area (Å²) in [7, 11) is 1.83. The number of benzene rings is 1. The fraction of sp³-hybridized carbons (Fsp3) is 0.412. The second-order valence-corrected chi connectivity index (χ2v) is 6.75. The summed E-state index contributed by atoms with van der Waals surface area (Å²) in [5.74, 6) is 0.0704. The zero-order valence-electron chi connectivity index (χ0n) is 13.3. The number of aliphatic hydroxyl groups is 1. The summed E-state index contributed by atoms with van der Waals surface area (Å²) in [5, 5.41) is 26.5. The molecule has 1 heterocycles. The number of aliphatic hydroxyl groups excluding tert-OH is 1. The van der Waals surface area contributed by atoms with E-state index in [0.29, 0.717) is 12.8 Å². The summed E-state index contributed by atoms with van der Waals surface area (Å²) in [4.78, 5) is 12.4. The van der Waals surface area contributed by atoms with Gasteiger partial charge in [-0.05, 0) is 36.5 Å². The zero-order chi connectivity index (χ0) is 17.3. The Kier molecular flexibility index (Phi) is 4.78. The first-order chi connectivity index (χ1) is 11.4. The number of phenolic OH excluding ortho intramolecular Hbond substituents is 1. The highest BCUT2D eigenvalue weighted by Gasteiger charge is 2.36. The molecule has 0 spiro atoms. The highest BCUT2D eigenvalue weighted by Crippen LogP contribution is 2.38. The van der Waals surface area contributed by atoms with Gasteiger partial charge in [-0.15, -0.1) is 0 Å². The van der Waals surface area contributed by atoms with E-state index in [-0.39, 0.29) is 41.2 Å². The van der Waals surface area contributed by atoms with Crippen molar-refractivity contribution in [1.29, 1.82) is 0 Å². The van der Waals surface area contributed by atoms with Crippen LogP contribution in [0.2, 0.25) is 5.02 Å². The van der Waals surface area contributed by atoms with Crippen LogP contribution in [0.25, 0.3) is 0 Å². The molecule has 24 heavy (non-hydrogen) atoms. The number of phenols is 1. The van der Waals surface area contributed by atoms with Crippen LogP contribution in [-0.2, 0) is 18.3 Å². The molecule has 128 valence electrons. The molecule has 0 radical (unpaired) electrons. The maximum absolute atomic E-state index is 12.4. The van der Waals surface area contributed by atoms with Crippen molar-refractivity contribution in [2.24, 2.45) is 13.0 Å². The van der Waals surface area contributed by atoms with Crippen molar-refractivity contribution in [3.8, 4) is 5.75 Å². The molecule has 1 fully saturated rings. The fourth-order valence-electron chi connectivity index (χ4n) is 3.05. The molecule has 7 heteroatoms. The number of hydrogen-bond acceptors (Lipinski definition) is 4. The molecule has 6 nitrogen and oxygen atoms in total. The van der Waals surface area contributed by atoms with Crippen molar-refractivity contribution >= 4 is 17.5 Å². The Balaban J connectivity index is 1.69. The van der Waals surface area contributed by atoms with E-state index in [1.165, 1.54) is 6.07 Å². The van der Waals surface area contributed by atoms with Gasteiger partial charge in [0.1, 0.15) is 5.75 Å². The lowest BCUT2D eigenvalue weighted by Gasteiger charge is -2.37. The van der Waals surface area contributed by atoms with Crippen molar-refractivity contribution in [3.63, 3.8) is 0 Å². The van der Waals surface area contributed by atoms with Crippen LogP contribution >= 0.6 is 11.6 Å². The number of nitrogens with zero attached hydrogens (tertiary/aromatic N) is 2. The van der Waals surface area contributed by atoms with Crippen LogP contribution in [0.5, 0.6) is 5.75 Å². The molecule has 0 unspecified atom stereocenters. The van der Waals surface area contributed by atoms with Gasteiger partial charge in [0, 0.05) is 18.8 Å². The number of carbonyl (C=O) groups is 1. The predicted octanol–water partition coefficient (Wildman–Crippen LogP) is 1.95. The Labute approximate surface area is 145 Å². The van der Waals surface area contributed by atoms with Crippen LogP contribution < -0.4 is 5.32 Å². The Hall–Kier alpha value is -2.05. The van der Waals surface area contributed by atoms with Gasteiger partial charge in [0.2, 0.25) is 5.91 Å². The van der Waals surface area contributed by atoms with Crippen molar-refractivity contribution in [3.05, 3.63) is 46.7 Å². The average Bonchev–Trinajstić information content (AvgIpc) is 2.92. The van der Waals surface area contributed by atoms with Crippen LogP contribution in [-0.4, -0.2) is 32.0 Å². The highest BCUT2D eigenvalue weighted by atomic mass is 35.5. The number of carbonyl (C=O) groups excluding carboxylic acids is 1. The minimum Gasteiger partial charge on any atom is -0.506 e. The number of nitrogens with one attached hydrogen (secondary N) is 1. The number of aromatic hydroxyl groups is 1. The zero-order valence-corrected chi connectivity index (χ0v) is 14.1. The summed E-state index contributed by atoms with van der Waals surface area (Å²) in [5.41, 5.74) is 1.67. The second-order valence-electron chi connectivity index (χ2n) is 6.34. The first kappa shape index (κ1) is 16.8. The van der Waals surface area contributed by atoms with Gasteiger partial charge in [0.15, 0.2) is 0 Å². The van der Waals surface area contributed by atoms with Gasteiger partial charge in [-0.3, -0.25) is 9.48 Å². The quantitative estimate of drug-likeness (QED) is 0.770. The van der Waals surface area contributed by atoms with Crippen LogP contribution in [0.4, 0.5) is 0 Å². The molecular weight excluding hydrogens is 330 g/mol. The summed E-state index contributed by atoms with van der Waals surface area (Å²) in [6, 6.07) is 4.57. The summed E-state index contributed by atoms with van der Waals surface area (Å²) < 4.78 is 1.70. The third kappa shape index (κ3) is 3.71. The molecule has 1 atom stereocenters.